The maximum atomic E-state index is 5.37. The summed E-state index contributed by atoms with van der Waals surface area (Å²) < 4.78 is 5.37. The quantitative estimate of drug-likeness (QED) is 0.676. The molecule has 140 valence electrons. The summed E-state index contributed by atoms with van der Waals surface area (Å²) in [6.07, 6.45) is 4.23. The van der Waals surface area contributed by atoms with E-state index >= 15 is 0 Å². The molecule has 0 unspecified atom stereocenters. The number of benzene rings is 2. The fourth-order valence-corrected chi connectivity index (χ4v) is 4.06. The topological polar surface area (TPSA) is 28.6 Å². The second kappa shape index (κ2) is 7.97. The van der Waals surface area contributed by atoms with Gasteiger partial charge in [0.15, 0.2) is 0 Å². The summed E-state index contributed by atoms with van der Waals surface area (Å²) >= 11 is 0. The zero-order chi connectivity index (χ0) is 18.6. The molecule has 2 heterocycles. The molecule has 0 saturated carbocycles. The van der Waals surface area contributed by atoms with Crippen molar-refractivity contribution in [1.82, 2.24) is 9.88 Å². The average Bonchev–Trinajstić information content (AvgIpc) is 2.74. The summed E-state index contributed by atoms with van der Waals surface area (Å²) in [5.74, 6) is 0.926. The van der Waals surface area contributed by atoms with Crippen LogP contribution in [-0.4, -0.2) is 43.2 Å². The van der Waals surface area contributed by atoms with E-state index in [1.165, 1.54) is 29.5 Å². The first-order valence-corrected chi connectivity index (χ1v) is 9.66. The molecule has 1 aromatic heterocycles. The van der Waals surface area contributed by atoms with Crippen LogP contribution in [0.1, 0.15) is 18.4 Å². The van der Waals surface area contributed by atoms with Crippen molar-refractivity contribution in [2.75, 3.05) is 32.1 Å². The Morgan fingerprint density at radius 1 is 1.07 bits per heavy atom. The van der Waals surface area contributed by atoms with E-state index < -0.39 is 0 Å². The van der Waals surface area contributed by atoms with Crippen LogP contribution < -0.4 is 9.64 Å². The third kappa shape index (κ3) is 3.91. The number of aromatic nitrogens is 1. The Morgan fingerprint density at radius 2 is 1.85 bits per heavy atom. The number of hydrogen-bond acceptors (Lipinski definition) is 4. The molecule has 0 aliphatic carbocycles. The monoisotopic (exact) mass is 361 g/mol. The van der Waals surface area contributed by atoms with E-state index in [0.717, 1.165) is 30.9 Å². The summed E-state index contributed by atoms with van der Waals surface area (Å²) in [5, 5.41) is 1.22. The summed E-state index contributed by atoms with van der Waals surface area (Å²) in [5.41, 5.74) is 3.69. The Kier molecular flexibility index (Phi) is 5.26. The van der Waals surface area contributed by atoms with E-state index in [2.05, 4.69) is 64.3 Å². The van der Waals surface area contributed by atoms with E-state index in [-0.39, 0.29) is 0 Å². The molecule has 0 radical (unpaired) electrons. The molecule has 0 atom stereocenters. The average molecular weight is 361 g/mol. The predicted octanol–water partition coefficient (Wildman–Crippen LogP) is 4.34. The Morgan fingerprint density at radius 3 is 2.67 bits per heavy atom. The van der Waals surface area contributed by atoms with Crippen molar-refractivity contribution in [1.29, 1.82) is 0 Å². The fourth-order valence-electron chi connectivity index (χ4n) is 4.06. The first-order chi connectivity index (χ1) is 13.2. The molecule has 0 spiro atoms. The normalized spacial score (nSPS) is 15.4. The van der Waals surface area contributed by atoms with Gasteiger partial charge in [-0.05, 0) is 43.7 Å². The van der Waals surface area contributed by atoms with E-state index in [1.54, 1.807) is 7.11 Å². The number of anilines is 1. The van der Waals surface area contributed by atoms with Crippen molar-refractivity contribution in [2.45, 2.75) is 25.4 Å². The lowest BCUT2D eigenvalue weighted by molar-refractivity contribution is 0.201. The Bertz CT molecular complexity index is 898. The zero-order valence-corrected chi connectivity index (χ0v) is 16.1. The number of fused-ring (bicyclic) bond motifs is 1. The standard InChI is InChI=1S/C23H27N3O/c1-25(17-19-7-3-6-18-8-5-13-24-23(18)19)20-11-14-26(15-12-20)21-9-4-10-22(16-21)27-2/h3-10,13,16,20H,11-12,14-15,17H2,1-2H3. The van der Waals surface area contributed by atoms with Crippen LogP contribution in [-0.2, 0) is 6.54 Å². The second-order valence-corrected chi connectivity index (χ2v) is 7.33. The van der Waals surface area contributed by atoms with Gasteiger partial charge < -0.3 is 9.64 Å². The number of hydrogen-bond donors (Lipinski definition) is 0. The molecule has 1 fully saturated rings. The van der Waals surface area contributed by atoms with Gasteiger partial charge in [-0.2, -0.15) is 0 Å². The number of para-hydroxylation sites is 1. The van der Waals surface area contributed by atoms with E-state index in [1.807, 2.05) is 18.3 Å². The number of rotatable bonds is 5. The first kappa shape index (κ1) is 17.8. The molecule has 1 aliphatic heterocycles. The SMILES string of the molecule is COc1cccc(N2CCC(N(C)Cc3cccc4cccnc34)CC2)c1. The van der Waals surface area contributed by atoms with Crippen LogP contribution in [0.25, 0.3) is 10.9 Å². The molecule has 0 amide bonds. The Labute approximate surface area is 161 Å². The zero-order valence-electron chi connectivity index (χ0n) is 16.1. The van der Waals surface area contributed by atoms with Crippen LogP contribution in [0, 0.1) is 0 Å². The highest BCUT2D eigenvalue weighted by molar-refractivity contribution is 5.81. The molecule has 4 rings (SSSR count). The third-order valence-corrected chi connectivity index (χ3v) is 5.64. The number of nitrogens with zero attached hydrogens (tertiary/aromatic N) is 3. The van der Waals surface area contributed by atoms with Gasteiger partial charge in [0, 0.05) is 49.0 Å². The summed E-state index contributed by atoms with van der Waals surface area (Å²) in [6, 6.07) is 19.6. The van der Waals surface area contributed by atoms with Crippen LogP contribution in [0.5, 0.6) is 5.75 Å². The molecule has 1 saturated heterocycles. The van der Waals surface area contributed by atoms with Crippen LogP contribution in [0.15, 0.2) is 60.8 Å². The number of methoxy groups -OCH3 is 1. The Balaban J connectivity index is 1.40. The smallest absolute Gasteiger partial charge is 0.120 e. The lowest BCUT2D eigenvalue weighted by Crippen LogP contribution is -2.43. The minimum absolute atomic E-state index is 0.603. The van der Waals surface area contributed by atoms with Gasteiger partial charge in [0.2, 0.25) is 0 Å². The van der Waals surface area contributed by atoms with Gasteiger partial charge in [-0.15, -0.1) is 0 Å². The minimum atomic E-state index is 0.603. The van der Waals surface area contributed by atoms with Gasteiger partial charge in [0.05, 0.1) is 12.6 Å². The van der Waals surface area contributed by atoms with Crippen LogP contribution >= 0.6 is 0 Å². The molecular weight excluding hydrogens is 334 g/mol. The maximum absolute atomic E-state index is 5.37. The van der Waals surface area contributed by atoms with E-state index in [0.29, 0.717) is 6.04 Å². The van der Waals surface area contributed by atoms with Crippen LogP contribution in [0.4, 0.5) is 5.69 Å². The highest BCUT2D eigenvalue weighted by atomic mass is 16.5. The van der Waals surface area contributed by atoms with Gasteiger partial charge in [-0.3, -0.25) is 9.88 Å². The molecular formula is C23H27N3O. The first-order valence-electron chi connectivity index (χ1n) is 9.66. The van der Waals surface area contributed by atoms with E-state index in [9.17, 15) is 0 Å². The maximum Gasteiger partial charge on any atom is 0.120 e. The Hall–Kier alpha value is -2.59. The van der Waals surface area contributed by atoms with Crippen molar-refractivity contribution in [2.24, 2.45) is 0 Å². The number of ether oxygens (including phenoxy) is 1. The predicted molar refractivity (Wildman–Crippen MR) is 111 cm³/mol. The lowest BCUT2D eigenvalue weighted by atomic mass is 10.0. The summed E-state index contributed by atoms with van der Waals surface area (Å²) in [6.45, 7) is 3.10. The molecule has 3 aromatic rings. The largest absolute Gasteiger partial charge is 0.497 e. The van der Waals surface area contributed by atoms with Gasteiger partial charge in [-0.1, -0.05) is 30.3 Å². The number of piperidine rings is 1. The lowest BCUT2D eigenvalue weighted by Gasteiger charge is -2.38. The molecule has 2 aromatic carbocycles. The van der Waals surface area contributed by atoms with Crippen LogP contribution in [0.2, 0.25) is 0 Å². The summed E-state index contributed by atoms with van der Waals surface area (Å²) in [4.78, 5) is 9.56. The molecule has 0 N–H and O–H groups in total. The molecule has 4 nitrogen and oxygen atoms in total. The molecule has 0 bridgehead atoms. The second-order valence-electron chi connectivity index (χ2n) is 7.33. The van der Waals surface area contributed by atoms with Crippen molar-refractivity contribution in [3.8, 4) is 5.75 Å². The minimum Gasteiger partial charge on any atom is -0.497 e. The van der Waals surface area contributed by atoms with Crippen molar-refractivity contribution in [3.05, 3.63) is 66.4 Å². The molecule has 27 heavy (non-hydrogen) atoms. The highest BCUT2D eigenvalue weighted by Crippen LogP contribution is 2.26. The van der Waals surface area contributed by atoms with Gasteiger partial charge >= 0.3 is 0 Å². The van der Waals surface area contributed by atoms with Crippen molar-refractivity contribution < 1.29 is 4.74 Å². The molecule has 1 aliphatic rings. The number of pyridine rings is 1. The summed E-state index contributed by atoms with van der Waals surface area (Å²) in [7, 11) is 3.97. The van der Waals surface area contributed by atoms with Crippen molar-refractivity contribution in [3.63, 3.8) is 0 Å². The fraction of sp³-hybridized carbons (Fsp3) is 0.348. The van der Waals surface area contributed by atoms with Gasteiger partial charge in [0.25, 0.3) is 0 Å². The van der Waals surface area contributed by atoms with Gasteiger partial charge in [0.1, 0.15) is 5.75 Å². The third-order valence-electron chi connectivity index (χ3n) is 5.64. The van der Waals surface area contributed by atoms with Gasteiger partial charge in [-0.25, -0.2) is 0 Å². The van der Waals surface area contributed by atoms with Crippen molar-refractivity contribution >= 4 is 16.6 Å². The highest BCUT2D eigenvalue weighted by Gasteiger charge is 2.23. The molecule has 4 heteroatoms. The van der Waals surface area contributed by atoms with Crippen LogP contribution in [0.3, 0.4) is 0 Å². The van der Waals surface area contributed by atoms with E-state index in [4.69, 9.17) is 4.74 Å².